The van der Waals surface area contributed by atoms with Crippen LogP contribution in [0.3, 0.4) is 0 Å². The second kappa shape index (κ2) is 6.13. The molecule has 0 N–H and O–H groups in total. The first kappa shape index (κ1) is 14.6. The Morgan fingerprint density at radius 2 is 1.45 bits per heavy atom. The molecule has 0 heterocycles. The topological polar surface area (TPSA) is 3.24 Å². The standard InChI is InChI=1S/C19H25N/c1-6-20(7-2)17-10-11-18(16(5)13-17)19-12-14(3)8-9-15(19)4/h8-13H,6-7H2,1-5H3. The largest absolute Gasteiger partial charge is 0.372 e. The number of nitrogens with zero attached hydrogens (tertiary/aromatic N) is 1. The van der Waals surface area contributed by atoms with Gasteiger partial charge in [-0.2, -0.15) is 0 Å². The van der Waals surface area contributed by atoms with Crippen molar-refractivity contribution in [2.75, 3.05) is 18.0 Å². The number of rotatable bonds is 4. The van der Waals surface area contributed by atoms with Crippen molar-refractivity contribution >= 4 is 5.69 Å². The molecule has 2 rings (SSSR count). The number of hydrogen-bond acceptors (Lipinski definition) is 1. The molecule has 0 fully saturated rings. The van der Waals surface area contributed by atoms with Gasteiger partial charge in [0.05, 0.1) is 0 Å². The van der Waals surface area contributed by atoms with E-state index in [4.69, 9.17) is 0 Å². The van der Waals surface area contributed by atoms with Gasteiger partial charge in [-0.3, -0.25) is 0 Å². The van der Waals surface area contributed by atoms with E-state index >= 15 is 0 Å². The first-order chi connectivity index (χ1) is 9.56. The zero-order chi connectivity index (χ0) is 14.7. The molecule has 0 saturated heterocycles. The highest BCUT2D eigenvalue weighted by atomic mass is 15.1. The van der Waals surface area contributed by atoms with Crippen LogP contribution in [0.1, 0.15) is 30.5 Å². The van der Waals surface area contributed by atoms with Gasteiger partial charge in [0.1, 0.15) is 0 Å². The summed E-state index contributed by atoms with van der Waals surface area (Å²) in [4.78, 5) is 2.39. The summed E-state index contributed by atoms with van der Waals surface area (Å²) in [5.74, 6) is 0. The minimum Gasteiger partial charge on any atom is -0.372 e. The molecule has 1 nitrogen and oxygen atoms in total. The van der Waals surface area contributed by atoms with E-state index in [1.807, 2.05) is 0 Å². The van der Waals surface area contributed by atoms with Gasteiger partial charge in [0.25, 0.3) is 0 Å². The number of anilines is 1. The van der Waals surface area contributed by atoms with E-state index in [-0.39, 0.29) is 0 Å². The summed E-state index contributed by atoms with van der Waals surface area (Å²) in [6.45, 7) is 13.1. The second-order valence-corrected chi connectivity index (χ2v) is 5.49. The van der Waals surface area contributed by atoms with Crippen LogP contribution in [0.4, 0.5) is 5.69 Å². The predicted octanol–water partition coefficient (Wildman–Crippen LogP) is 5.13. The van der Waals surface area contributed by atoms with Crippen LogP contribution in [0.2, 0.25) is 0 Å². The van der Waals surface area contributed by atoms with E-state index in [1.54, 1.807) is 0 Å². The van der Waals surface area contributed by atoms with E-state index < -0.39 is 0 Å². The van der Waals surface area contributed by atoms with Gasteiger partial charge in [-0.05, 0) is 69.0 Å². The van der Waals surface area contributed by atoms with Gasteiger partial charge in [0.2, 0.25) is 0 Å². The average Bonchev–Trinajstić information content (AvgIpc) is 2.43. The highest BCUT2D eigenvalue weighted by Crippen LogP contribution is 2.30. The van der Waals surface area contributed by atoms with Gasteiger partial charge in [-0.25, -0.2) is 0 Å². The Morgan fingerprint density at radius 3 is 2.05 bits per heavy atom. The molecule has 0 amide bonds. The SMILES string of the molecule is CCN(CC)c1ccc(-c2cc(C)ccc2C)c(C)c1. The van der Waals surface area contributed by atoms with Crippen LogP contribution in [-0.2, 0) is 0 Å². The number of hydrogen-bond donors (Lipinski definition) is 0. The molecule has 0 aliphatic rings. The molecule has 0 saturated carbocycles. The smallest absolute Gasteiger partial charge is 0.0369 e. The second-order valence-electron chi connectivity index (χ2n) is 5.49. The third-order valence-electron chi connectivity index (χ3n) is 4.02. The lowest BCUT2D eigenvalue weighted by molar-refractivity contribution is 0.866. The Kier molecular flexibility index (Phi) is 4.49. The van der Waals surface area contributed by atoms with Crippen LogP contribution < -0.4 is 4.90 Å². The summed E-state index contributed by atoms with van der Waals surface area (Å²) in [6, 6.07) is 13.5. The summed E-state index contributed by atoms with van der Waals surface area (Å²) >= 11 is 0. The molecule has 1 heteroatoms. The molecule has 0 aliphatic carbocycles. The third kappa shape index (κ3) is 2.87. The molecule has 0 spiro atoms. The normalized spacial score (nSPS) is 10.7. The van der Waals surface area contributed by atoms with Crippen molar-refractivity contribution in [2.24, 2.45) is 0 Å². The van der Waals surface area contributed by atoms with Crippen LogP contribution in [0.15, 0.2) is 36.4 Å². The van der Waals surface area contributed by atoms with E-state index in [1.165, 1.54) is 33.5 Å². The Morgan fingerprint density at radius 1 is 0.750 bits per heavy atom. The van der Waals surface area contributed by atoms with Crippen molar-refractivity contribution in [3.63, 3.8) is 0 Å². The van der Waals surface area contributed by atoms with Gasteiger partial charge in [0, 0.05) is 18.8 Å². The molecular formula is C19H25N. The van der Waals surface area contributed by atoms with Gasteiger partial charge >= 0.3 is 0 Å². The number of aryl methyl sites for hydroxylation is 3. The molecular weight excluding hydrogens is 242 g/mol. The highest BCUT2D eigenvalue weighted by molar-refractivity contribution is 5.73. The Labute approximate surface area is 123 Å². The minimum absolute atomic E-state index is 1.05. The monoisotopic (exact) mass is 267 g/mol. The molecule has 0 radical (unpaired) electrons. The van der Waals surface area contributed by atoms with E-state index in [2.05, 4.69) is 75.9 Å². The van der Waals surface area contributed by atoms with Crippen molar-refractivity contribution < 1.29 is 0 Å². The van der Waals surface area contributed by atoms with Crippen LogP contribution in [0.5, 0.6) is 0 Å². The Bertz CT molecular complexity index is 595. The summed E-state index contributed by atoms with van der Waals surface area (Å²) in [5, 5.41) is 0. The lowest BCUT2D eigenvalue weighted by Crippen LogP contribution is -2.21. The summed E-state index contributed by atoms with van der Waals surface area (Å²) in [7, 11) is 0. The third-order valence-corrected chi connectivity index (χ3v) is 4.02. The van der Waals surface area contributed by atoms with E-state index in [9.17, 15) is 0 Å². The van der Waals surface area contributed by atoms with Crippen LogP contribution in [-0.4, -0.2) is 13.1 Å². The fourth-order valence-corrected chi connectivity index (χ4v) is 2.76. The maximum Gasteiger partial charge on any atom is 0.0369 e. The summed E-state index contributed by atoms with van der Waals surface area (Å²) in [6.07, 6.45) is 0. The maximum absolute atomic E-state index is 2.39. The van der Waals surface area contributed by atoms with Crippen molar-refractivity contribution in [1.29, 1.82) is 0 Å². The van der Waals surface area contributed by atoms with Crippen molar-refractivity contribution in [3.8, 4) is 11.1 Å². The number of benzene rings is 2. The molecule has 106 valence electrons. The molecule has 0 unspecified atom stereocenters. The van der Waals surface area contributed by atoms with Crippen molar-refractivity contribution in [1.82, 2.24) is 0 Å². The first-order valence-corrected chi connectivity index (χ1v) is 7.50. The Hall–Kier alpha value is -1.76. The molecule has 0 aliphatic heterocycles. The lowest BCUT2D eigenvalue weighted by Gasteiger charge is -2.22. The van der Waals surface area contributed by atoms with Gasteiger partial charge in [-0.1, -0.05) is 29.8 Å². The fraction of sp³-hybridized carbons (Fsp3) is 0.368. The average molecular weight is 267 g/mol. The molecule has 20 heavy (non-hydrogen) atoms. The van der Waals surface area contributed by atoms with Gasteiger partial charge < -0.3 is 4.90 Å². The van der Waals surface area contributed by atoms with Crippen molar-refractivity contribution in [3.05, 3.63) is 53.1 Å². The fourth-order valence-electron chi connectivity index (χ4n) is 2.76. The Balaban J connectivity index is 2.46. The molecule has 0 bridgehead atoms. The van der Waals surface area contributed by atoms with Gasteiger partial charge in [-0.15, -0.1) is 0 Å². The summed E-state index contributed by atoms with van der Waals surface area (Å²) in [5.41, 5.74) is 8.03. The summed E-state index contributed by atoms with van der Waals surface area (Å²) < 4.78 is 0. The van der Waals surface area contributed by atoms with Gasteiger partial charge in [0.15, 0.2) is 0 Å². The first-order valence-electron chi connectivity index (χ1n) is 7.50. The molecule has 0 atom stereocenters. The molecule has 2 aromatic rings. The van der Waals surface area contributed by atoms with Crippen LogP contribution >= 0.6 is 0 Å². The lowest BCUT2D eigenvalue weighted by atomic mass is 9.94. The maximum atomic E-state index is 2.39. The predicted molar refractivity (Wildman–Crippen MR) is 89.7 cm³/mol. The highest BCUT2D eigenvalue weighted by Gasteiger charge is 2.08. The van der Waals surface area contributed by atoms with Crippen LogP contribution in [0.25, 0.3) is 11.1 Å². The molecule has 2 aromatic carbocycles. The van der Waals surface area contributed by atoms with Crippen LogP contribution in [0, 0.1) is 20.8 Å². The zero-order valence-electron chi connectivity index (χ0n) is 13.3. The van der Waals surface area contributed by atoms with E-state index in [0.717, 1.165) is 13.1 Å². The zero-order valence-corrected chi connectivity index (χ0v) is 13.3. The minimum atomic E-state index is 1.05. The van der Waals surface area contributed by atoms with E-state index in [0.29, 0.717) is 0 Å². The quantitative estimate of drug-likeness (QED) is 0.742. The molecule has 0 aromatic heterocycles. The van der Waals surface area contributed by atoms with Crippen molar-refractivity contribution in [2.45, 2.75) is 34.6 Å².